The van der Waals surface area contributed by atoms with E-state index in [0.717, 1.165) is 18.8 Å². The fourth-order valence-corrected chi connectivity index (χ4v) is 3.48. The Morgan fingerprint density at radius 2 is 1.81 bits per heavy atom. The van der Waals surface area contributed by atoms with Crippen molar-refractivity contribution in [3.8, 4) is 0 Å². The van der Waals surface area contributed by atoms with Crippen molar-refractivity contribution in [3.63, 3.8) is 0 Å². The quantitative estimate of drug-likeness (QED) is 0.859. The van der Waals surface area contributed by atoms with E-state index in [4.69, 9.17) is 0 Å². The average Bonchev–Trinajstić information content (AvgIpc) is 2.46. The smallest absolute Gasteiger partial charge is 0.146 e. The Balaban J connectivity index is 1.96. The largest absolute Gasteiger partial charge is 0.394 e. The van der Waals surface area contributed by atoms with Crippen molar-refractivity contribution >= 4 is 5.69 Å². The van der Waals surface area contributed by atoms with E-state index in [9.17, 15) is 9.50 Å². The lowest BCUT2D eigenvalue weighted by Crippen LogP contribution is -2.37. The van der Waals surface area contributed by atoms with Gasteiger partial charge in [0.1, 0.15) is 5.82 Å². The molecule has 0 aliphatic heterocycles. The van der Waals surface area contributed by atoms with Crippen LogP contribution in [0.5, 0.6) is 0 Å². The maximum absolute atomic E-state index is 13.7. The minimum absolute atomic E-state index is 0.0529. The maximum Gasteiger partial charge on any atom is 0.146 e. The molecule has 1 aliphatic carbocycles. The fraction of sp³-hybridized carbons (Fsp3) is 0.667. The zero-order chi connectivity index (χ0) is 15.5. The van der Waals surface area contributed by atoms with Crippen molar-refractivity contribution in [1.82, 2.24) is 0 Å². The van der Waals surface area contributed by atoms with Crippen LogP contribution in [0.2, 0.25) is 0 Å². The molecule has 0 amide bonds. The van der Waals surface area contributed by atoms with Crippen LogP contribution in [-0.2, 0) is 0 Å². The molecule has 1 unspecified atom stereocenters. The van der Waals surface area contributed by atoms with Crippen LogP contribution in [0.1, 0.15) is 46.5 Å². The fourth-order valence-electron chi connectivity index (χ4n) is 3.48. The van der Waals surface area contributed by atoms with E-state index < -0.39 is 0 Å². The molecule has 0 aromatic heterocycles. The predicted molar refractivity (Wildman–Crippen MR) is 85.8 cm³/mol. The Kier molecular flexibility index (Phi) is 5.26. The molecule has 0 heterocycles. The third kappa shape index (κ3) is 4.19. The highest BCUT2D eigenvalue weighted by Crippen LogP contribution is 2.41. The highest BCUT2D eigenvalue weighted by atomic mass is 19.1. The van der Waals surface area contributed by atoms with Crippen LogP contribution < -0.4 is 5.32 Å². The number of anilines is 1. The summed E-state index contributed by atoms with van der Waals surface area (Å²) in [4.78, 5) is 0. The number of halogens is 1. The van der Waals surface area contributed by atoms with Gasteiger partial charge >= 0.3 is 0 Å². The molecule has 1 aromatic rings. The summed E-state index contributed by atoms with van der Waals surface area (Å²) in [7, 11) is 0. The summed E-state index contributed by atoms with van der Waals surface area (Å²) in [5.41, 5.74) is 0.855. The van der Waals surface area contributed by atoms with Crippen molar-refractivity contribution in [2.75, 3.05) is 11.9 Å². The summed E-state index contributed by atoms with van der Waals surface area (Å²) < 4.78 is 13.7. The minimum atomic E-state index is -0.251. The van der Waals surface area contributed by atoms with Gasteiger partial charge in [0.2, 0.25) is 0 Å². The van der Waals surface area contributed by atoms with Crippen LogP contribution in [0.25, 0.3) is 0 Å². The summed E-state index contributed by atoms with van der Waals surface area (Å²) in [5.74, 6) is 0.925. The second-order valence-corrected chi connectivity index (χ2v) is 7.39. The maximum atomic E-state index is 13.7. The molecule has 2 nitrogen and oxygen atoms in total. The summed E-state index contributed by atoms with van der Waals surface area (Å²) in [5, 5.41) is 12.9. The molecule has 2 N–H and O–H groups in total. The molecule has 118 valence electrons. The lowest BCUT2D eigenvalue weighted by Gasteiger charge is -2.39. The van der Waals surface area contributed by atoms with Crippen molar-refractivity contribution in [3.05, 3.63) is 30.1 Å². The van der Waals surface area contributed by atoms with Crippen molar-refractivity contribution in [1.29, 1.82) is 0 Å². The summed E-state index contributed by atoms with van der Waals surface area (Å²) in [6.07, 6.45) is 4.61. The molecule has 1 aliphatic rings. The standard InChI is InChI=1S/C18H28FNO/c1-18(2,3)14-10-8-13(9-11-14)17(12-21)20-16-7-5-4-6-15(16)19/h4-7,13-14,17,20-21H,8-12H2,1-3H3. The number of hydrogen-bond donors (Lipinski definition) is 2. The second-order valence-electron chi connectivity index (χ2n) is 7.39. The van der Waals surface area contributed by atoms with Gasteiger partial charge < -0.3 is 10.4 Å². The third-order valence-electron chi connectivity index (χ3n) is 4.98. The number of aliphatic hydroxyl groups excluding tert-OH is 1. The molecule has 3 heteroatoms. The molecular weight excluding hydrogens is 265 g/mol. The Morgan fingerprint density at radius 3 is 2.33 bits per heavy atom. The number of rotatable bonds is 4. The van der Waals surface area contributed by atoms with E-state index in [-0.39, 0.29) is 18.5 Å². The van der Waals surface area contributed by atoms with Crippen molar-refractivity contribution < 1.29 is 9.50 Å². The van der Waals surface area contributed by atoms with Gasteiger partial charge in [0.05, 0.1) is 18.3 Å². The first kappa shape index (κ1) is 16.3. The zero-order valence-corrected chi connectivity index (χ0v) is 13.4. The monoisotopic (exact) mass is 293 g/mol. The van der Waals surface area contributed by atoms with Crippen molar-refractivity contribution in [2.24, 2.45) is 17.3 Å². The first-order valence-electron chi connectivity index (χ1n) is 8.03. The molecule has 1 aromatic carbocycles. The van der Waals surface area contributed by atoms with Crippen molar-refractivity contribution in [2.45, 2.75) is 52.5 Å². The Hall–Kier alpha value is -1.09. The van der Waals surface area contributed by atoms with Gasteiger partial charge in [0.25, 0.3) is 0 Å². The highest BCUT2D eigenvalue weighted by molar-refractivity contribution is 5.45. The lowest BCUT2D eigenvalue weighted by molar-refractivity contribution is 0.127. The Labute approximate surface area is 127 Å². The van der Waals surface area contributed by atoms with E-state index >= 15 is 0 Å². The van der Waals surface area contributed by atoms with Crippen LogP contribution in [0.3, 0.4) is 0 Å². The number of aliphatic hydroxyl groups is 1. The molecule has 0 spiro atoms. The molecule has 0 bridgehead atoms. The molecule has 2 rings (SSSR count). The summed E-state index contributed by atoms with van der Waals surface area (Å²) in [6, 6.07) is 6.63. The number of para-hydroxylation sites is 1. The van der Waals surface area contributed by atoms with E-state index in [1.165, 1.54) is 18.9 Å². The first-order valence-corrected chi connectivity index (χ1v) is 8.03. The Morgan fingerprint density at radius 1 is 1.19 bits per heavy atom. The van der Waals surface area contributed by atoms with E-state index in [2.05, 4.69) is 26.1 Å². The van der Waals surface area contributed by atoms with Gasteiger partial charge in [-0.25, -0.2) is 4.39 Å². The number of benzene rings is 1. The van der Waals surface area contributed by atoms with Gasteiger partial charge in [-0.15, -0.1) is 0 Å². The summed E-state index contributed by atoms with van der Waals surface area (Å²) >= 11 is 0. The molecule has 1 saturated carbocycles. The molecule has 0 radical (unpaired) electrons. The minimum Gasteiger partial charge on any atom is -0.394 e. The molecular formula is C18H28FNO. The van der Waals surface area contributed by atoms with E-state index in [1.807, 2.05) is 6.07 Å². The van der Waals surface area contributed by atoms with E-state index in [1.54, 1.807) is 12.1 Å². The molecule has 1 fully saturated rings. The van der Waals surface area contributed by atoms with Crippen LogP contribution in [-0.4, -0.2) is 17.8 Å². The molecule has 21 heavy (non-hydrogen) atoms. The van der Waals surface area contributed by atoms with Gasteiger partial charge in [-0.2, -0.15) is 0 Å². The average molecular weight is 293 g/mol. The lowest BCUT2D eigenvalue weighted by atomic mass is 9.68. The highest BCUT2D eigenvalue weighted by Gasteiger charge is 2.32. The Bertz CT molecular complexity index is 447. The van der Waals surface area contributed by atoms with Gasteiger partial charge in [-0.3, -0.25) is 0 Å². The van der Waals surface area contributed by atoms with Crippen LogP contribution in [0.15, 0.2) is 24.3 Å². The van der Waals surface area contributed by atoms with Crippen LogP contribution in [0, 0.1) is 23.1 Å². The molecule has 0 saturated heterocycles. The first-order chi connectivity index (χ1) is 9.91. The van der Waals surface area contributed by atoms with Crippen LogP contribution in [0.4, 0.5) is 10.1 Å². The number of nitrogens with one attached hydrogen (secondary N) is 1. The predicted octanol–water partition coefficient (Wildman–Crippen LogP) is 4.45. The van der Waals surface area contributed by atoms with Gasteiger partial charge in [0, 0.05) is 0 Å². The summed E-state index contributed by atoms with van der Waals surface area (Å²) in [6.45, 7) is 6.97. The zero-order valence-electron chi connectivity index (χ0n) is 13.4. The third-order valence-corrected chi connectivity index (χ3v) is 4.98. The van der Waals surface area contributed by atoms with Gasteiger partial charge in [-0.05, 0) is 55.1 Å². The van der Waals surface area contributed by atoms with Crippen LogP contribution >= 0.6 is 0 Å². The topological polar surface area (TPSA) is 32.3 Å². The SMILES string of the molecule is CC(C)(C)C1CCC(C(CO)Nc2ccccc2F)CC1. The van der Waals surface area contributed by atoms with E-state index in [0.29, 0.717) is 17.0 Å². The molecule has 1 atom stereocenters. The van der Waals surface area contributed by atoms with Gasteiger partial charge in [-0.1, -0.05) is 32.9 Å². The normalized spacial score (nSPS) is 24.6. The van der Waals surface area contributed by atoms with Gasteiger partial charge in [0.15, 0.2) is 0 Å². The second kappa shape index (κ2) is 6.78. The number of hydrogen-bond acceptors (Lipinski definition) is 2.